The van der Waals surface area contributed by atoms with Crippen LogP contribution in [0, 0.1) is 0 Å². The molecule has 0 aliphatic carbocycles. The Morgan fingerprint density at radius 1 is 0.929 bits per heavy atom. The average Bonchev–Trinajstić information content (AvgIpc) is 2.71. The molecule has 0 unspecified atom stereocenters. The minimum absolute atomic E-state index is 0.0440. The number of hydrogen-bond donors (Lipinski definition) is 1. The Kier molecular flexibility index (Phi) is 7.63. The van der Waals surface area contributed by atoms with E-state index < -0.39 is 0 Å². The second-order valence-corrected chi connectivity index (χ2v) is 7.82. The molecule has 2 aromatic rings. The van der Waals surface area contributed by atoms with Gasteiger partial charge in [-0.1, -0.05) is 67.9 Å². The molecule has 1 saturated heterocycles. The maximum Gasteiger partial charge on any atom is 0.234 e. The summed E-state index contributed by atoms with van der Waals surface area (Å²) in [4.78, 5) is 17.2. The normalized spacial score (nSPS) is 16.6. The standard InChI is InChI=1S/C24H33N3O/c1-3-7-21-10-12-23(13-11-21)20(2)25-24(28)19-27-16-14-26(15-17-27)18-22-8-5-4-6-9-22/h4-6,8-13,20H,3,7,14-19H2,1-2H3,(H,25,28)/t20-/m0/s1. The predicted octanol–water partition coefficient (Wildman–Crippen LogP) is 3.63. The van der Waals surface area contributed by atoms with E-state index in [0.717, 1.165) is 45.6 Å². The van der Waals surface area contributed by atoms with E-state index in [9.17, 15) is 4.79 Å². The van der Waals surface area contributed by atoms with Gasteiger partial charge in [0.2, 0.25) is 5.91 Å². The van der Waals surface area contributed by atoms with Crippen molar-refractivity contribution in [3.8, 4) is 0 Å². The van der Waals surface area contributed by atoms with Gasteiger partial charge in [0.25, 0.3) is 0 Å². The summed E-state index contributed by atoms with van der Waals surface area (Å²) in [5, 5.41) is 3.15. The minimum atomic E-state index is 0.0440. The van der Waals surface area contributed by atoms with Gasteiger partial charge in [-0.25, -0.2) is 0 Å². The summed E-state index contributed by atoms with van der Waals surface area (Å²) in [5.41, 5.74) is 3.88. The Labute approximate surface area is 169 Å². The smallest absolute Gasteiger partial charge is 0.234 e. The molecule has 0 aromatic heterocycles. The van der Waals surface area contributed by atoms with Crippen LogP contribution in [0.1, 0.15) is 43.0 Å². The van der Waals surface area contributed by atoms with Crippen LogP contribution in [0.4, 0.5) is 0 Å². The maximum atomic E-state index is 12.5. The molecular formula is C24H33N3O. The van der Waals surface area contributed by atoms with Gasteiger partial charge in [0.1, 0.15) is 0 Å². The number of rotatable bonds is 8. The number of nitrogens with one attached hydrogen (secondary N) is 1. The highest BCUT2D eigenvalue weighted by Gasteiger charge is 2.20. The molecule has 1 amide bonds. The molecule has 4 heteroatoms. The number of nitrogens with zero attached hydrogens (tertiary/aromatic N) is 2. The molecule has 1 aliphatic rings. The molecular weight excluding hydrogens is 346 g/mol. The van der Waals surface area contributed by atoms with E-state index in [-0.39, 0.29) is 11.9 Å². The van der Waals surface area contributed by atoms with Crippen molar-refractivity contribution in [3.63, 3.8) is 0 Å². The number of carbonyl (C=O) groups is 1. The van der Waals surface area contributed by atoms with Gasteiger partial charge < -0.3 is 5.32 Å². The summed E-state index contributed by atoms with van der Waals surface area (Å²) in [6, 6.07) is 19.3. The lowest BCUT2D eigenvalue weighted by molar-refractivity contribution is -0.123. The van der Waals surface area contributed by atoms with Gasteiger partial charge >= 0.3 is 0 Å². The molecule has 1 heterocycles. The second-order valence-electron chi connectivity index (χ2n) is 7.82. The lowest BCUT2D eigenvalue weighted by atomic mass is 10.0. The zero-order valence-corrected chi connectivity index (χ0v) is 17.2. The van der Waals surface area contributed by atoms with Crippen LogP contribution in [-0.2, 0) is 17.8 Å². The Hall–Kier alpha value is -2.17. The quantitative estimate of drug-likeness (QED) is 0.761. The highest BCUT2D eigenvalue weighted by molar-refractivity contribution is 5.78. The van der Waals surface area contributed by atoms with Crippen LogP contribution in [0.5, 0.6) is 0 Å². The predicted molar refractivity (Wildman–Crippen MR) is 115 cm³/mol. The molecule has 0 radical (unpaired) electrons. The fraction of sp³-hybridized carbons (Fsp3) is 0.458. The third kappa shape index (κ3) is 6.18. The first-order valence-corrected chi connectivity index (χ1v) is 10.5. The van der Waals surface area contributed by atoms with Crippen molar-refractivity contribution >= 4 is 5.91 Å². The first kappa shape index (κ1) is 20.6. The van der Waals surface area contributed by atoms with Gasteiger partial charge in [0, 0.05) is 32.7 Å². The SMILES string of the molecule is CCCc1ccc([C@H](C)NC(=O)CN2CCN(Cc3ccccc3)CC2)cc1. The number of aryl methyl sites for hydroxylation is 1. The summed E-state index contributed by atoms with van der Waals surface area (Å²) in [6.45, 7) is 9.64. The summed E-state index contributed by atoms with van der Waals surface area (Å²) in [6.07, 6.45) is 2.27. The topological polar surface area (TPSA) is 35.6 Å². The third-order valence-corrected chi connectivity index (χ3v) is 5.48. The Balaban J connectivity index is 1.40. The van der Waals surface area contributed by atoms with Crippen molar-refractivity contribution < 1.29 is 4.79 Å². The zero-order valence-electron chi connectivity index (χ0n) is 17.2. The third-order valence-electron chi connectivity index (χ3n) is 5.48. The number of carbonyl (C=O) groups excluding carboxylic acids is 1. The van der Waals surface area contributed by atoms with Gasteiger partial charge in [-0.05, 0) is 30.0 Å². The van der Waals surface area contributed by atoms with E-state index in [1.54, 1.807) is 0 Å². The van der Waals surface area contributed by atoms with Gasteiger partial charge in [-0.2, -0.15) is 0 Å². The van der Waals surface area contributed by atoms with Crippen LogP contribution in [-0.4, -0.2) is 48.4 Å². The zero-order chi connectivity index (χ0) is 19.8. The largest absolute Gasteiger partial charge is 0.348 e. The first-order valence-electron chi connectivity index (χ1n) is 10.5. The Morgan fingerprint density at radius 2 is 1.57 bits per heavy atom. The van der Waals surface area contributed by atoms with Crippen LogP contribution in [0.3, 0.4) is 0 Å². The van der Waals surface area contributed by atoms with Crippen molar-refractivity contribution in [1.29, 1.82) is 0 Å². The van der Waals surface area contributed by atoms with Crippen LogP contribution < -0.4 is 5.32 Å². The molecule has 28 heavy (non-hydrogen) atoms. The Morgan fingerprint density at radius 3 is 2.21 bits per heavy atom. The fourth-order valence-corrected chi connectivity index (χ4v) is 3.78. The molecule has 1 N–H and O–H groups in total. The molecule has 0 spiro atoms. The van der Waals surface area contributed by atoms with Gasteiger partial charge in [-0.15, -0.1) is 0 Å². The minimum Gasteiger partial charge on any atom is -0.348 e. The van der Waals surface area contributed by atoms with Crippen molar-refractivity contribution in [2.75, 3.05) is 32.7 Å². The van der Waals surface area contributed by atoms with Gasteiger partial charge in [-0.3, -0.25) is 14.6 Å². The highest BCUT2D eigenvalue weighted by atomic mass is 16.2. The fourth-order valence-electron chi connectivity index (χ4n) is 3.78. The van der Waals surface area contributed by atoms with Crippen LogP contribution in [0.2, 0.25) is 0 Å². The van der Waals surface area contributed by atoms with E-state index in [1.165, 1.54) is 16.7 Å². The first-order chi connectivity index (χ1) is 13.6. The van der Waals surface area contributed by atoms with Crippen LogP contribution >= 0.6 is 0 Å². The summed E-state index contributed by atoms with van der Waals surface area (Å²) in [5.74, 6) is 0.113. The molecule has 0 bridgehead atoms. The lowest BCUT2D eigenvalue weighted by Crippen LogP contribution is -2.49. The van der Waals surface area contributed by atoms with Crippen molar-refractivity contribution in [3.05, 3.63) is 71.3 Å². The molecule has 4 nitrogen and oxygen atoms in total. The molecule has 0 saturated carbocycles. The molecule has 150 valence electrons. The monoisotopic (exact) mass is 379 g/mol. The summed E-state index contributed by atoms with van der Waals surface area (Å²) in [7, 11) is 0. The number of hydrogen-bond acceptors (Lipinski definition) is 3. The maximum absolute atomic E-state index is 12.5. The van der Waals surface area contributed by atoms with E-state index in [2.05, 4.69) is 83.6 Å². The van der Waals surface area contributed by atoms with Gasteiger partial charge in [0.15, 0.2) is 0 Å². The molecule has 1 fully saturated rings. The van der Waals surface area contributed by atoms with Gasteiger partial charge in [0.05, 0.1) is 12.6 Å². The average molecular weight is 380 g/mol. The second kappa shape index (κ2) is 10.4. The summed E-state index contributed by atoms with van der Waals surface area (Å²) < 4.78 is 0. The lowest BCUT2D eigenvalue weighted by Gasteiger charge is -2.34. The van der Waals surface area contributed by atoms with Crippen molar-refractivity contribution in [1.82, 2.24) is 15.1 Å². The number of benzene rings is 2. The van der Waals surface area contributed by atoms with Crippen molar-refractivity contribution in [2.24, 2.45) is 0 Å². The van der Waals surface area contributed by atoms with Crippen LogP contribution in [0.15, 0.2) is 54.6 Å². The van der Waals surface area contributed by atoms with E-state index in [4.69, 9.17) is 0 Å². The van der Waals surface area contributed by atoms with E-state index in [1.807, 2.05) is 0 Å². The number of piperazine rings is 1. The number of amides is 1. The molecule has 1 atom stereocenters. The highest BCUT2D eigenvalue weighted by Crippen LogP contribution is 2.14. The van der Waals surface area contributed by atoms with E-state index >= 15 is 0 Å². The summed E-state index contributed by atoms with van der Waals surface area (Å²) >= 11 is 0. The van der Waals surface area contributed by atoms with Crippen LogP contribution in [0.25, 0.3) is 0 Å². The molecule has 1 aliphatic heterocycles. The Bertz CT molecular complexity index is 721. The van der Waals surface area contributed by atoms with E-state index in [0.29, 0.717) is 6.54 Å². The van der Waals surface area contributed by atoms with Crippen molar-refractivity contribution in [2.45, 2.75) is 39.3 Å². The molecule has 2 aromatic carbocycles. The molecule has 3 rings (SSSR count).